The maximum atomic E-state index is 12.4. The van der Waals surface area contributed by atoms with E-state index < -0.39 is 35.8 Å². The van der Waals surface area contributed by atoms with Crippen molar-refractivity contribution in [2.45, 2.75) is 25.9 Å². The van der Waals surface area contributed by atoms with Gasteiger partial charge >= 0.3 is 5.97 Å². The Morgan fingerprint density at radius 2 is 1.68 bits per heavy atom. The Labute approximate surface area is 145 Å². The molecule has 3 atom stereocenters. The average Bonchev–Trinajstić information content (AvgIpc) is 3.14. The van der Waals surface area contributed by atoms with E-state index in [1.165, 1.54) is 26.2 Å². The lowest BCUT2D eigenvalue weighted by atomic mass is 9.94. The number of carboxylic acid groups (broad SMARTS) is 1. The number of aliphatic carboxylic acids is 1. The van der Waals surface area contributed by atoms with E-state index in [2.05, 4.69) is 10.6 Å². The van der Waals surface area contributed by atoms with Gasteiger partial charge in [0.25, 0.3) is 5.91 Å². The van der Waals surface area contributed by atoms with Crippen LogP contribution >= 0.6 is 0 Å². The molecule has 2 aromatic rings. The average molecular weight is 344 g/mol. The van der Waals surface area contributed by atoms with Crippen LogP contribution in [0.3, 0.4) is 0 Å². The van der Waals surface area contributed by atoms with Crippen molar-refractivity contribution in [2.24, 2.45) is 5.92 Å². The highest BCUT2D eigenvalue weighted by atomic mass is 16.4. The molecule has 132 valence electrons. The molecule has 3 unspecified atom stereocenters. The Hall–Kier alpha value is -3.09. The molecule has 2 amide bonds. The van der Waals surface area contributed by atoms with E-state index >= 15 is 0 Å². The van der Waals surface area contributed by atoms with Gasteiger partial charge in [-0.25, -0.2) is 0 Å². The van der Waals surface area contributed by atoms with E-state index in [1.807, 2.05) is 0 Å². The Bertz CT molecular complexity index is 727. The largest absolute Gasteiger partial charge is 0.481 e. The molecular weight excluding hydrogens is 324 g/mol. The number of furan rings is 1. The summed E-state index contributed by atoms with van der Waals surface area (Å²) in [7, 11) is 0. The number of benzene rings is 1. The molecule has 0 bridgehead atoms. The van der Waals surface area contributed by atoms with Gasteiger partial charge in [-0.15, -0.1) is 0 Å². The van der Waals surface area contributed by atoms with Crippen LogP contribution in [0, 0.1) is 5.92 Å². The van der Waals surface area contributed by atoms with Crippen molar-refractivity contribution in [3.8, 4) is 0 Å². The molecule has 7 nitrogen and oxygen atoms in total. The maximum absolute atomic E-state index is 12.4. The Balaban J connectivity index is 2.08. The van der Waals surface area contributed by atoms with Gasteiger partial charge in [0.05, 0.1) is 18.2 Å². The van der Waals surface area contributed by atoms with E-state index in [9.17, 15) is 19.5 Å². The highest BCUT2D eigenvalue weighted by Crippen LogP contribution is 2.22. The SMILES string of the molecule is CC(NC(=O)c1ccco1)C(=O)NC(c1ccccc1)C(C)C(=O)O. The lowest BCUT2D eigenvalue weighted by Gasteiger charge is -2.25. The monoisotopic (exact) mass is 344 g/mol. The van der Waals surface area contributed by atoms with Crippen LogP contribution in [-0.2, 0) is 9.59 Å². The summed E-state index contributed by atoms with van der Waals surface area (Å²) in [5.41, 5.74) is 0.676. The molecule has 0 saturated carbocycles. The van der Waals surface area contributed by atoms with Gasteiger partial charge in [-0.3, -0.25) is 14.4 Å². The standard InChI is InChI=1S/C18H20N2O5/c1-11(18(23)24)15(13-7-4-3-5-8-13)20-16(21)12(2)19-17(22)14-9-6-10-25-14/h3-12,15H,1-2H3,(H,19,22)(H,20,21)(H,23,24). The lowest BCUT2D eigenvalue weighted by molar-refractivity contribution is -0.142. The van der Waals surface area contributed by atoms with Crippen LogP contribution < -0.4 is 10.6 Å². The van der Waals surface area contributed by atoms with E-state index in [1.54, 1.807) is 36.4 Å². The Kier molecular flexibility index (Phi) is 5.94. The van der Waals surface area contributed by atoms with Gasteiger partial charge in [-0.05, 0) is 31.5 Å². The van der Waals surface area contributed by atoms with Gasteiger partial charge in [0, 0.05) is 0 Å². The van der Waals surface area contributed by atoms with Gasteiger partial charge in [-0.2, -0.15) is 0 Å². The minimum absolute atomic E-state index is 0.0955. The molecule has 0 fully saturated rings. The number of rotatable bonds is 7. The summed E-state index contributed by atoms with van der Waals surface area (Å²) in [6.45, 7) is 3.04. The first-order valence-electron chi connectivity index (χ1n) is 7.82. The van der Waals surface area contributed by atoms with Crippen molar-refractivity contribution in [2.75, 3.05) is 0 Å². The van der Waals surface area contributed by atoms with Gasteiger partial charge in [0.2, 0.25) is 5.91 Å². The molecule has 1 aromatic heterocycles. The second-order valence-electron chi connectivity index (χ2n) is 5.70. The third-order valence-corrected chi connectivity index (χ3v) is 3.83. The topological polar surface area (TPSA) is 109 Å². The van der Waals surface area contributed by atoms with E-state index in [0.29, 0.717) is 5.56 Å². The highest BCUT2D eigenvalue weighted by molar-refractivity contribution is 5.95. The molecule has 0 aliphatic carbocycles. The second kappa shape index (κ2) is 8.14. The summed E-state index contributed by atoms with van der Waals surface area (Å²) >= 11 is 0. The fourth-order valence-corrected chi connectivity index (χ4v) is 2.32. The van der Waals surface area contributed by atoms with Crippen LogP contribution in [0.4, 0.5) is 0 Å². The first-order valence-corrected chi connectivity index (χ1v) is 7.82. The molecule has 1 heterocycles. The van der Waals surface area contributed by atoms with Gasteiger partial charge in [0.15, 0.2) is 5.76 Å². The first-order chi connectivity index (χ1) is 11.9. The van der Waals surface area contributed by atoms with Crippen LogP contribution in [0.2, 0.25) is 0 Å². The lowest BCUT2D eigenvalue weighted by Crippen LogP contribution is -2.47. The zero-order chi connectivity index (χ0) is 18.4. The van der Waals surface area contributed by atoms with Crippen LogP contribution in [-0.4, -0.2) is 28.9 Å². The maximum Gasteiger partial charge on any atom is 0.308 e. The minimum Gasteiger partial charge on any atom is -0.481 e. The number of carbonyl (C=O) groups is 3. The molecule has 2 rings (SSSR count). The molecule has 0 spiro atoms. The number of hydrogen-bond donors (Lipinski definition) is 3. The number of carbonyl (C=O) groups excluding carboxylic acids is 2. The van der Waals surface area contributed by atoms with Crippen molar-refractivity contribution in [3.63, 3.8) is 0 Å². The van der Waals surface area contributed by atoms with Gasteiger partial charge in [-0.1, -0.05) is 30.3 Å². The Morgan fingerprint density at radius 3 is 2.24 bits per heavy atom. The third kappa shape index (κ3) is 4.69. The fourth-order valence-electron chi connectivity index (χ4n) is 2.32. The quantitative estimate of drug-likeness (QED) is 0.711. The highest BCUT2D eigenvalue weighted by Gasteiger charge is 2.28. The minimum atomic E-state index is -1.03. The normalized spacial score (nSPS) is 14.2. The van der Waals surface area contributed by atoms with Crippen molar-refractivity contribution >= 4 is 17.8 Å². The molecule has 0 aliphatic heterocycles. The predicted octanol–water partition coefficient (Wildman–Crippen LogP) is 1.98. The number of nitrogens with one attached hydrogen (secondary N) is 2. The molecular formula is C18H20N2O5. The van der Waals surface area contributed by atoms with E-state index in [-0.39, 0.29) is 5.76 Å². The summed E-state index contributed by atoms with van der Waals surface area (Å²) in [6, 6.07) is 10.3. The molecule has 25 heavy (non-hydrogen) atoms. The second-order valence-corrected chi connectivity index (χ2v) is 5.70. The zero-order valence-corrected chi connectivity index (χ0v) is 13.9. The number of hydrogen-bond acceptors (Lipinski definition) is 4. The molecule has 0 saturated heterocycles. The zero-order valence-electron chi connectivity index (χ0n) is 13.9. The summed E-state index contributed by atoms with van der Waals surface area (Å²) < 4.78 is 4.97. The van der Waals surface area contributed by atoms with Crippen molar-refractivity contribution in [1.29, 1.82) is 0 Å². The van der Waals surface area contributed by atoms with Crippen molar-refractivity contribution < 1.29 is 23.9 Å². The number of amides is 2. The van der Waals surface area contributed by atoms with E-state index in [0.717, 1.165) is 0 Å². The summed E-state index contributed by atoms with van der Waals surface area (Å²) in [4.78, 5) is 35.7. The van der Waals surface area contributed by atoms with Crippen LogP contribution in [0.15, 0.2) is 53.1 Å². The predicted molar refractivity (Wildman–Crippen MR) is 89.8 cm³/mol. The molecule has 7 heteroatoms. The molecule has 1 aromatic carbocycles. The number of carboxylic acids is 1. The van der Waals surface area contributed by atoms with Crippen LogP contribution in [0.5, 0.6) is 0 Å². The third-order valence-electron chi connectivity index (χ3n) is 3.83. The van der Waals surface area contributed by atoms with Gasteiger partial charge in [0.1, 0.15) is 6.04 Å². The van der Waals surface area contributed by atoms with Crippen LogP contribution in [0.1, 0.15) is 36.0 Å². The van der Waals surface area contributed by atoms with Crippen molar-refractivity contribution in [1.82, 2.24) is 10.6 Å². The first kappa shape index (κ1) is 18.3. The van der Waals surface area contributed by atoms with E-state index in [4.69, 9.17) is 4.42 Å². The smallest absolute Gasteiger partial charge is 0.308 e. The fraction of sp³-hybridized carbons (Fsp3) is 0.278. The molecule has 0 radical (unpaired) electrons. The molecule has 3 N–H and O–H groups in total. The Morgan fingerprint density at radius 1 is 1.00 bits per heavy atom. The summed E-state index contributed by atoms with van der Waals surface area (Å²) in [6.07, 6.45) is 1.36. The van der Waals surface area contributed by atoms with Gasteiger partial charge < -0.3 is 20.2 Å². The summed E-state index contributed by atoms with van der Waals surface area (Å²) in [5, 5.41) is 14.5. The van der Waals surface area contributed by atoms with Crippen LogP contribution in [0.25, 0.3) is 0 Å². The summed E-state index contributed by atoms with van der Waals surface area (Å²) in [5.74, 6) is -2.77. The van der Waals surface area contributed by atoms with Crippen molar-refractivity contribution in [3.05, 3.63) is 60.1 Å². The molecule has 0 aliphatic rings.